The molecule has 25 heavy (non-hydrogen) atoms. The molecule has 1 atom stereocenters. The number of benzene rings is 1. The van der Waals surface area contributed by atoms with Crippen LogP contribution in [-0.4, -0.2) is 11.8 Å². The van der Waals surface area contributed by atoms with Crippen molar-refractivity contribution < 1.29 is 9.59 Å². The number of anilines is 1. The highest BCUT2D eigenvalue weighted by Crippen LogP contribution is 2.32. The zero-order chi connectivity index (χ0) is 17.8. The average Bonchev–Trinajstić information content (AvgIpc) is 3.34. The van der Waals surface area contributed by atoms with Gasteiger partial charge in [0.25, 0.3) is 5.91 Å². The molecule has 2 N–H and O–H groups in total. The topological polar surface area (TPSA) is 58.2 Å². The molecule has 1 aliphatic rings. The van der Waals surface area contributed by atoms with Crippen molar-refractivity contribution in [3.05, 3.63) is 52.9 Å². The van der Waals surface area contributed by atoms with Crippen LogP contribution in [0.3, 0.4) is 0 Å². The smallest absolute Gasteiger partial charge is 0.261 e. The lowest BCUT2D eigenvalue weighted by Crippen LogP contribution is -2.28. The molecule has 132 valence electrons. The number of hydrogen-bond acceptors (Lipinski definition) is 3. The largest absolute Gasteiger partial charge is 0.345 e. The molecule has 1 aromatic heterocycles. The summed E-state index contributed by atoms with van der Waals surface area (Å²) >= 11 is 1.33. The fourth-order valence-electron chi connectivity index (χ4n) is 2.76. The Labute approximate surface area is 152 Å². The molecular weight excluding hydrogens is 332 g/mol. The molecule has 3 rings (SSSR count). The Balaban J connectivity index is 1.66. The van der Waals surface area contributed by atoms with Gasteiger partial charge < -0.3 is 10.6 Å². The fraction of sp³-hybridized carbons (Fsp3) is 0.400. The summed E-state index contributed by atoms with van der Waals surface area (Å²) in [6.07, 6.45) is 2.82. The Hall–Kier alpha value is -2.14. The molecule has 1 saturated carbocycles. The van der Waals surface area contributed by atoms with Gasteiger partial charge in [-0.1, -0.05) is 44.2 Å². The molecule has 0 bridgehead atoms. The van der Waals surface area contributed by atoms with E-state index in [0.29, 0.717) is 10.8 Å². The summed E-state index contributed by atoms with van der Waals surface area (Å²) in [5.41, 5.74) is 1.11. The van der Waals surface area contributed by atoms with Crippen molar-refractivity contribution in [3.63, 3.8) is 0 Å². The van der Waals surface area contributed by atoms with Crippen LogP contribution in [0.4, 0.5) is 5.00 Å². The molecule has 1 heterocycles. The summed E-state index contributed by atoms with van der Waals surface area (Å²) in [7, 11) is 0. The summed E-state index contributed by atoms with van der Waals surface area (Å²) in [6, 6.07) is 13.6. The normalized spacial score (nSPS) is 15.0. The average molecular weight is 356 g/mol. The maximum atomic E-state index is 12.6. The molecule has 0 radical (unpaired) electrons. The Morgan fingerprint density at radius 1 is 1.12 bits per heavy atom. The summed E-state index contributed by atoms with van der Waals surface area (Å²) in [5.74, 6) is 0.609. The Kier molecular flexibility index (Phi) is 5.53. The first-order chi connectivity index (χ1) is 12.0. The number of carbonyl (C=O) groups is 2. The van der Waals surface area contributed by atoms with Crippen LogP contribution >= 0.6 is 11.3 Å². The maximum Gasteiger partial charge on any atom is 0.261 e. The van der Waals surface area contributed by atoms with Crippen LogP contribution in [0.2, 0.25) is 0 Å². The second-order valence-electron chi connectivity index (χ2n) is 6.99. The standard InChI is InChI=1S/C20H24N2O2S/c1-13(2)12-16(14-6-4-3-5-7-14)21-20(24)17-10-11-18(25-17)22-19(23)15-8-9-15/h3-7,10-11,13,15-16H,8-9,12H2,1-2H3,(H,21,24)(H,22,23). The Morgan fingerprint density at radius 2 is 1.84 bits per heavy atom. The van der Waals surface area contributed by atoms with Gasteiger partial charge in [0.15, 0.2) is 0 Å². The summed E-state index contributed by atoms with van der Waals surface area (Å²) in [5, 5.41) is 6.78. The van der Waals surface area contributed by atoms with E-state index < -0.39 is 0 Å². The summed E-state index contributed by atoms with van der Waals surface area (Å²) in [4.78, 5) is 25.1. The number of carbonyl (C=O) groups excluding carboxylic acids is 2. The number of hydrogen-bond donors (Lipinski definition) is 2. The molecule has 4 nitrogen and oxygen atoms in total. The van der Waals surface area contributed by atoms with E-state index in [0.717, 1.165) is 29.8 Å². The van der Waals surface area contributed by atoms with Crippen molar-refractivity contribution in [2.75, 3.05) is 5.32 Å². The van der Waals surface area contributed by atoms with E-state index in [1.807, 2.05) is 30.3 Å². The fourth-order valence-corrected chi connectivity index (χ4v) is 3.57. The van der Waals surface area contributed by atoms with Crippen molar-refractivity contribution in [1.29, 1.82) is 0 Å². The van der Waals surface area contributed by atoms with Crippen molar-refractivity contribution in [3.8, 4) is 0 Å². The zero-order valence-corrected chi connectivity index (χ0v) is 15.4. The molecule has 5 heteroatoms. The van der Waals surface area contributed by atoms with E-state index in [1.54, 1.807) is 12.1 Å². The maximum absolute atomic E-state index is 12.6. The van der Waals surface area contributed by atoms with Crippen LogP contribution in [0.1, 0.15) is 54.4 Å². The highest BCUT2D eigenvalue weighted by molar-refractivity contribution is 7.18. The van der Waals surface area contributed by atoms with Gasteiger partial charge in [-0.25, -0.2) is 0 Å². The monoisotopic (exact) mass is 356 g/mol. The van der Waals surface area contributed by atoms with Crippen molar-refractivity contribution in [2.45, 2.75) is 39.2 Å². The second kappa shape index (κ2) is 7.83. The van der Waals surface area contributed by atoms with Gasteiger partial charge in [-0.05, 0) is 42.9 Å². The molecule has 1 aliphatic carbocycles. The van der Waals surface area contributed by atoms with Gasteiger partial charge in [-0.15, -0.1) is 11.3 Å². The Bertz CT molecular complexity index is 735. The molecular formula is C20H24N2O2S. The van der Waals surface area contributed by atoms with E-state index in [4.69, 9.17) is 0 Å². The molecule has 2 aromatic rings. The lowest BCUT2D eigenvalue weighted by Gasteiger charge is -2.20. The summed E-state index contributed by atoms with van der Waals surface area (Å²) < 4.78 is 0. The van der Waals surface area contributed by atoms with Crippen LogP contribution in [0.25, 0.3) is 0 Å². The van der Waals surface area contributed by atoms with E-state index in [9.17, 15) is 9.59 Å². The SMILES string of the molecule is CC(C)CC(NC(=O)c1ccc(NC(=O)C2CC2)s1)c1ccccc1. The van der Waals surface area contributed by atoms with Gasteiger partial charge in [0.2, 0.25) is 5.91 Å². The van der Waals surface area contributed by atoms with E-state index >= 15 is 0 Å². The molecule has 0 saturated heterocycles. The predicted octanol–water partition coefficient (Wildman–Crippen LogP) is 4.61. The van der Waals surface area contributed by atoms with Crippen molar-refractivity contribution in [2.24, 2.45) is 11.8 Å². The van der Waals surface area contributed by atoms with Crippen LogP contribution < -0.4 is 10.6 Å². The summed E-state index contributed by atoms with van der Waals surface area (Å²) in [6.45, 7) is 4.30. The van der Waals surface area contributed by atoms with Gasteiger partial charge in [0.05, 0.1) is 15.9 Å². The first kappa shape index (κ1) is 17.7. The first-order valence-electron chi connectivity index (χ1n) is 8.79. The number of amides is 2. The minimum Gasteiger partial charge on any atom is -0.345 e. The van der Waals surface area contributed by atoms with Gasteiger partial charge in [-0.3, -0.25) is 9.59 Å². The highest BCUT2D eigenvalue weighted by Gasteiger charge is 2.30. The van der Waals surface area contributed by atoms with Gasteiger partial charge in [0, 0.05) is 5.92 Å². The molecule has 1 unspecified atom stereocenters. The molecule has 1 aromatic carbocycles. The minimum absolute atomic E-state index is 0.0136. The second-order valence-corrected chi connectivity index (χ2v) is 8.08. The number of rotatable bonds is 7. The van der Waals surface area contributed by atoms with Gasteiger partial charge in [0.1, 0.15) is 0 Å². The van der Waals surface area contributed by atoms with Gasteiger partial charge >= 0.3 is 0 Å². The van der Waals surface area contributed by atoms with E-state index in [2.05, 4.69) is 24.5 Å². The molecule has 2 amide bonds. The first-order valence-corrected chi connectivity index (χ1v) is 9.61. The third-order valence-electron chi connectivity index (χ3n) is 4.24. The third kappa shape index (κ3) is 4.92. The predicted molar refractivity (Wildman–Crippen MR) is 102 cm³/mol. The quantitative estimate of drug-likeness (QED) is 0.761. The van der Waals surface area contributed by atoms with E-state index in [-0.39, 0.29) is 23.8 Å². The van der Waals surface area contributed by atoms with Crippen LogP contribution in [0.5, 0.6) is 0 Å². The van der Waals surface area contributed by atoms with Crippen molar-refractivity contribution in [1.82, 2.24) is 5.32 Å². The van der Waals surface area contributed by atoms with Crippen LogP contribution in [-0.2, 0) is 4.79 Å². The van der Waals surface area contributed by atoms with Crippen LogP contribution in [0, 0.1) is 11.8 Å². The van der Waals surface area contributed by atoms with Crippen LogP contribution in [0.15, 0.2) is 42.5 Å². The minimum atomic E-state index is -0.0913. The van der Waals surface area contributed by atoms with Gasteiger partial charge in [-0.2, -0.15) is 0 Å². The lowest BCUT2D eigenvalue weighted by atomic mass is 9.97. The molecule has 0 spiro atoms. The number of thiophene rings is 1. The Morgan fingerprint density at radius 3 is 2.48 bits per heavy atom. The zero-order valence-electron chi connectivity index (χ0n) is 14.6. The van der Waals surface area contributed by atoms with E-state index in [1.165, 1.54) is 11.3 Å². The van der Waals surface area contributed by atoms with Crippen molar-refractivity contribution >= 4 is 28.2 Å². The molecule has 1 fully saturated rings. The number of nitrogens with one attached hydrogen (secondary N) is 2. The lowest BCUT2D eigenvalue weighted by molar-refractivity contribution is -0.117. The molecule has 0 aliphatic heterocycles. The highest BCUT2D eigenvalue weighted by atomic mass is 32.1. The third-order valence-corrected chi connectivity index (χ3v) is 5.24.